The molecule has 2 heteroatoms. The lowest BCUT2D eigenvalue weighted by molar-refractivity contribution is -0.0666. The minimum atomic E-state index is 0.402. The summed E-state index contributed by atoms with van der Waals surface area (Å²) in [6.07, 6.45) is 11.2. The van der Waals surface area contributed by atoms with Gasteiger partial charge in [0.2, 0.25) is 0 Å². The van der Waals surface area contributed by atoms with Crippen LogP contribution in [0.25, 0.3) is 0 Å². The fraction of sp³-hybridized carbons (Fsp3) is 0.778. The van der Waals surface area contributed by atoms with E-state index in [1.54, 1.807) is 0 Å². The SMILES string of the molecule is CCc1ccc(CC(N)C23CC4CC(CC(C4)C2)C3)s1. The van der Waals surface area contributed by atoms with E-state index in [0.717, 1.165) is 30.6 Å². The van der Waals surface area contributed by atoms with Crippen molar-refractivity contribution in [3.8, 4) is 0 Å². The lowest BCUT2D eigenvalue weighted by Gasteiger charge is -2.59. The zero-order valence-electron chi connectivity index (χ0n) is 12.6. The highest BCUT2D eigenvalue weighted by atomic mass is 32.1. The van der Waals surface area contributed by atoms with E-state index < -0.39 is 0 Å². The Morgan fingerprint density at radius 1 is 1.10 bits per heavy atom. The van der Waals surface area contributed by atoms with Crippen molar-refractivity contribution in [1.29, 1.82) is 0 Å². The molecule has 1 aromatic rings. The molecule has 4 saturated carbocycles. The molecule has 20 heavy (non-hydrogen) atoms. The largest absolute Gasteiger partial charge is 0.327 e. The van der Waals surface area contributed by atoms with Gasteiger partial charge in [-0.05, 0) is 86.7 Å². The van der Waals surface area contributed by atoms with Gasteiger partial charge in [-0.2, -0.15) is 0 Å². The van der Waals surface area contributed by atoms with Gasteiger partial charge in [0.15, 0.2) is 0 Å². The van der Waals surface area contributed by atoms with Crippen molar-refractivity contribution < 1.29 is 0 Å². The van der Waals surface area contributed by atoms with Gasteiger partial charge in [0.05, 0.1) is 0 Å². The van der Waals surface area contributed by atoms with E-state index >= 15 is 0 Å². The summed E-state index contributed by atoms with van der Waals surface area (Å²) in [5, 5.41) is 0. The number of hydrogen-bond donors (Lipinski definition) is 1. The average molecular weight is 289 g/mol. The van der Waals surface area contributed by atoms with Gasteiger partial charge >= 0.3 is 0 Å². The Hall–Kier alpha value is -0.340. The molecule has 0 aromatic carbocycles. The minimum Gasteiger partial charge on any atom is -0.327 e. The van der Waals surface area contributed by atoms with E-state index in [9.17, 15) is 0 Å². The van der Waals surface area contributed by atoms with E-state index in [0.29, 0.717) is 11.5 Å². The second-order valence-electron chi connectivity index (χ2n) is 7.81. The van der Waals surface area contributed by atoms with E-state index in [2.05, 4.69) is 19.1 Å². The molecule has 110 valence electrons. The summed E-state index contributed by atoms with van der Waals surface area (Å²) in [7, 11) is 0. The van der Waals surface area contributed by atoms with Gasteiger partial charge in [-0.1, -0.05) is 6.92 Å². The normalized spacial score (nSPS) is 40.2. The molecule has 0 amide bonds. The average Bonchev–Trinajstić information content (AvgIpc) is 2.85. The highest BCUT2D eigenvalue weighted by Gasteiger charge is 2.53. The van der Waals surface area contributed by atoms with Crippen LogP contribution in [0.2, 0.25) is 0 Å². The van der Waals surface area contributed by atoms with Gasteiger partial charge in [0.25, 0.3) is 0 Å². The third-order valence-corrected chi connectivity index (χ3v) is 7.61. The van der Waals surface area contributed by atoms with Crippen LogP contribution in [0.3, 0.4) is 0 Å². The highest BCUT2D eigenvalue weighted by Crippen LogP contribution is 2.61. The number of thiophene rings is 1. The first-order chi connectivity index (χ1) is 9.67. The number of rotatable bonds is 4. The third-order valence-electron chi connectivity index (χ3n) is 6.36. The first kappa shape index (κ1) is 13.3. The fourth-order valence-corrected chi connectivity index (χ4v) is 6.80. The first-order valence-electron chi connectivity index (χ1n) is 8.50. The van der Waals surface area contributed by atoms with Crippen LogP contribution in [0.1, 0.15) is 55.2 Å². The molecule has 1 atom stereocenters. The molecule has 1 heterocycles. The minimum absolute atomic E-state index is 0.402. The second kappa shape index (κ2) is 4.84. The standard InChI is InChI=1S/C18H27NS/c1-2-15-3-4-16(20-15)8-17(19)18-9-12-5-13(10-18)7-14(6-12)11-18/h3-4,12-14,17H,2,5-11,19H2,1H3. The maximum atomic E-state index is 6.76. The van der Waals surface area contributed by atoms with Gasteiger partial charge < -0.3 is 5.73 Å². The quantitative estimate of drug-likeness (QED) is 0.873. The number of aryl methyl sites for hydroxylation is 1. The maximum Gasteiger partial charge on any atom is 0.0144 e. The Morgan fingerprint density at radius 2 is 1.65 bits per heavy atom. The van der Waals surface area contributed by atoms with E-state index in [4.69, 9.17) is 5.73 Å². The summed E-state index contributed by atoms with van der Waals surface area (Å²) in [6, 6.07) is 5.02. The molecule has 0 radical (unpaired) electrons. The Bertz CT molecular complexity index is 454. The number of hydrogen-bond acceptors (Lipinski definition) is 2. The second-order valence-corrected chi connectivity index (χ2v) is 9.06. The van der Waals surface area contributed by atoms with Crippen molar-refractivity contribution >= 4 is 11.3 Å². The summed E-state index contributed by atoms with van der Waals surface area (Å²) < 4.78 is 0. The molecule has 4 aliphatic carbocycles. The zero-order valence-corrected chi connectivity index (χ0v) is 13.4. The summed E-state index contributed by atoms with van der Waals surface area (Å²) >= 11 is 1.99. The maximum absolute atomic E-state index is 6.76. The molecule has 4 fully saturated rings. The monoisotopic (exact) mass is 289 g/mol. The molecule has 2 N–H and O–H groups in total. The molecule has 0 aliphatic heterocycles. The Kier molecular flexibility index (Phi) is 3.23. The van der Waals surface area contributed by atoms with Crippen LogP contribution < -0.4 is 5.73 Å². The van der Waals surface area contributed by atoms with Crippen LogP contribution >= 0.6 is 11.3 Å². The van der Waals surface area contributed by atoms with Crippen LogP contribution in [-0.4, -0.2) is 6.04 Å². The summed E-state index contributed by atoms with van der Waals surface area (Å²) in [4.78, 5) is 3.03. The van der Waals surface area contributed by atoms with E-state index in [1.807, 2.05) is 11.3 Å². The first-order valence-corrected chi connectivity index (χ1v) is 9.31. The van der Waals surface area contributed by atoms with Crippen molar-refractivity contribution in [2.24, 2.45) is 28.9 Å². The predicted molar refractivity (Wildman–Crippen MR) is 86.0 cm³/mol. The molecule has 1 unspecified atom stereocenters. The summed E-state index contributed by atoms with van der Waals surface area (Å²) in [6.45, 7) is 2.24. The Labute approximate surface area is 127 Å². The van der Waals surface area contributed by atoms with Gasteiger partial charge in [-0.3, -0.25) is 0 Å². The van der Waals surface area contributed by atoms with Gasteiger partial charge in [0, 0.05) is 15.8 Å². The molecular formula is C18H27NS. The molecule has 4 bridgehead atoms. The van der Waals surface area contributed by atoms with Crippen molar-refractivity contribution in [2.45, 2.75) is 64.3 Å². The van der Waals surface area contributed by atoms with Gasteiger partial charge in [-0.15, -0.1) is 11.3 Å². The Balaban J connectivity index is 1.51. The summed E-state index contributed by atoms with van der Waals surface area (Å²) in [5.41, 5.74) is 7.27. The van der Waals surface area contributed by atoms with Crippen molar-refractivity contribution in [3.63, 3.8) is 0 Å². The molecule has 0 spiro atoms. The predicted octanol–water partition coefficient (Wildman–Crippen LogP) is 4.40. The van der Waals surface area contributed by atoms with Gasteiger partial charge in [-0.25, -0.2) is 0 Å². The zero-order chi connectivity index (χ0) is 13.7. The third kappa shape index (κ3) is 2.16. The van der Waals surface area contributed by atoms with Crippen LogP contribution in [0.5, 0.6) is 0 Å². The van der Waals surface area contributed by atoms with Crippen LogP contribution in [-0.2, 0) is 12.8 Å². The lowest BCUT2D eigenvalue weighted by Crippen LogP contribution is -2.55. The fourth-order valence-electron chi connectivity index (χ4n) is 5.79. The van der Waals surface area contributed by atoms with E-state index in [-0.39, 0.29) is 0 Å². The van der Waals surface area contributed by atoms with Crippen LogP contribution in [0.4, 0.5) is 0 Å². The Morgan fingerprint density at radius 3 is 2.15 bits per heavy atom. The van der Waals surface area contributed by atoms with E-state index in [1.165, 1.54) is 48.3 Å². The molecule has 1 aromatic heterocycles. The highest BCUT2D eigenvalue weighted by molar-refractivity contribution is 7.11. The van der Waals surface area contributed by atoms with Crippen LogP contribution in [0, 0.1) is 23.2 Å². The van der Waals surface area contributed by atoms with Crippen LogP contribution in [0.15, 0.2) is 12.1 Å². The number of nitrogens with two attached hydrogens (primary N) is 1. The topological polar surface area (TPSA) is 26.0 Å². The van der Waals surface area contributed by atoms with Crippen molar-refractivity contribution in [3.05, 3.63) is 21.9 Å². The summed E-state index contributed by atoms with van der Waals surface area (Å²) in [5.74, 6) is 3.05. The molecule has 5 rings (SSSR count). The molecule has 0 saturated heterocycles. The van der Waals surface area contributed by atoms with Crippen molar-refractivity contribution in [1.82, 2.24) is 0 Å². The molecular weight excluding hydrogens is 262 g/mol. The smallest absolute Gasteiger partial charge is 0.0144 e. The lowest BCUT2D eigenvalue weighted by atomic mass is 9.47. The van der Waals surface area contributed by atoms with Crippen molar-refractivity contribution in [2.75, 3.05) is 0 Å². The molecule has 1 nitrogen and oxygen atoms in total. The van der Waals surface area contributed by atoms with Gasteiger partial charge in [0.1, 0.15) is 0 Å². The molecule has 4 aliphatic rings.